The van der Waals surface area contributed by atoms with E-state index in [0.717, 1.165) is 13.1 Å². The fourth-order valence-corrected chi connectivity index (χ4v) is 5.82. The molecule has 0 unspecified atom stereocenters. The van der Waals surface area contributed by atoms with E-state index < -0.39 is 5.82 Å². The van der Waals surface area contributed by atoms with E-state index in [0.29, 0.717) is 48.7 Å². The number of rotatable bonds is 3. The molecular weight excluding hydrogens is 497 g/mol. The first kappa shape index (κ1) is 25.5. The van der Waals surface area contributed by atoms with Crippen LogP contribution in [-0.2, 0) is 4.79 Å². The maximum atomic E-state index is 15.1. The monoisotopic (exact) mass is 527 g/mol. The minimum absolute atomic E-state index is 0.0556. The van der Waals surface area contributed by atoms with E-state index in [-0.39, 0.29) is 47.0 Å². The van der Waals surface area contributed by atoms with Gasteiger partial charge in [0.15, 0.2) is 5.75 Å². The zero-order valence-electron chi connectivity index (χ0n) is 21.3. The molecule has 37 heavy (non-hydrogen) atoms. The Morgan fingerprint density at radius 1 is 1.19 bits per heavy atom. The molecule has 0 bridgehead atoms. The summed E-state index contributed by atoms with van der Waals surface area (Å²) in [6.45, 7) is 10.9. The van der Waals surface area contributed by atoms with Gasteiger partial charge in [-0.2, -0.15) is 0 Å². The molecule has 2 amide bonds. The third kappa shape index (κ3) is 4.44. The smallest absolute Gasteiger partial charge is 0.261 e. The van der Waals surface area contributed by atoms with Crippen LogP contribution in [0.2, 0.25) is 5.02 Å². The number of benzene rings is 1. The van der Waals surface area contributed by atoms with Crippen LogP contribution in [0.25, 0.3) is 11.3 Å². The Balaban J connectivity index is 1.67. The van der Waals surface area contributed by atoms with Gasteiger partial charge in [-0.1, -0.05) is 30.3 Å². The van der Waals surface area contributed by atoms with Crippen LogP contribution in [0.5, 0.6) is 5.75 Å². The number of carbonyl (C=O) groups is 2. The number of fused-ring (bicyclic) bond motifs is 2. The van der Waals surface area contributed by atoms with Gasteiger partial charge in [-0.25, -0.2) is 9.37 Å². The van der Waals surface area contributed by atoms with E-state index in [1.54, 1.807) is 28.9 Å². The van der Waals surface area contributed by atoms with E-state index in [1.165, 1.54) is 12.1 Å². The van der Waals surface area contributed by atoms with Crippen LogP contribution in [0.1, 0.15) is 22.8 Å². The van der Waals surface area contributed by atoms with Gasteiger partial charge in [0.05, 0.1) is 11.7 Å². The average Bonchev–Trinajstić information content (AvgIpc) is 3.01. The lowest BCUT2D eigenvalue weighted by molar-refractivity contribution is -0.128. The van der Waals surface area contributed by atoms with Crippen LogP contribution in [0.4, 0.5) is 10.2 Å². The summed E-state index contributed by atoms with van der Waals surface area (Å²) in [7, 11) is 2.06. The maximum Gasteiger partial charge on any atom is 0.261 e. The Morgan fingerprint density at radius 2 is 1.95 bits per heavy atom. The molecule has 0 radical (unpaired) electrons. The van der Waals surface area contributed by atoms with Gasteiger partial charge < -0.3 is 24.3 Å². The van der Waals surface area contributed by atoms with Crippen LogP contribution >= 0.6 is 11.6 Å². The molecular formula is C27H31ClFN5O3. The standard InChI is InChI=1S/C27H31ClFN5O3/c1-5-20(35)32-10-12-34-18(14-32)15-37-25-22(27(34)36)26(33-11-9-31(4)13-17(33)3)30-24(23(25)28)21-16(2)7-6-8-19(21)29/h5-8,17-18H,1,9-15H2,2-4H3/t17-,18+/m0/s1. The van der Waals surface area contributed by atoms with Crippen molar-refractivity contribution in [2.75, 3.05) is 57.8 Å². The number of amides is 2. The van der Waals surface area contributed by atoms with Gasteiger partial charge in [-0.05, 0) is 38.6 Å². The molecule has 1 aromatic carbocycles. The van der Waals surface area contributed by atoms with Gasteiger partial charge in [0, 0.05) is 50.9 Å². The summed E-state index contributed by atoms with van der Waals surface area (Å²) in [4.78, 5) is 39.0. The second-order valence-electron chi connectivity index (χ2n) is 9.99. The van der Waals surface area contributed by atoms with Crippen molar-refractivity contribution in [2.24, 2.45) is 0 Å². The summed E-state index contributed by atoms with van der Waals surface area (Å²) in [6, 6.07) is 4.52. The number of halogens is 2. The molecule has 2 atom stereocenters. The summed E-state index contributed by atoms with van der Waals surface area (Å²) < 4.78 is 21.4. The molecule has 196 valence electrons. The summed E-state index contributed by atoms with van der Waals surface area (Å²) >= 11 is 6.88. The Morgan fingerprint density at radius 3 is 2.65 bits per heavy atom. The number of pyridine rings is 1. The lowest BCUT2D eigenvalue weighted by Crippen LogP contribution is -2.57. The summed E-state index contributed by atoms with van der Waals surface area (Å²) in [5.74, 6) is -0.194. The van der Waals surface area contributed by atoms with Gasteiger partial charge in [0.1, 0.15) is 28.8 Å². The van der Waals surface area contributed by atoms with Crippen molar-refractivity contribution in [3.8, 4) is 17.0 Å². The number of hydrogen-bond donors (Lipinski definition) is 0. The Kier molecular flexibility index (Phi) is 6.85. The number of aryl methyl sites for hydroxylation is 1. The van der Waals surface area contributed by atoms with E-state index in [4.69, 9.17) is 21.3 Å². The predicted octanol–water partition coefficient (Wildman–Crippen LogP) is 3.22. The molecule has 0 spiro atoms. The molecule has 8 nitrogen and oxygen atoms in total. The molecule has 10 heteroatoms. The number of hydrogen-bond acceptors (Lipinski definition) is 6. The zero-order valence-corrected chi connectivity index (χ0v) is 22.1. The van der Waals surface area contributed by atoms with Crippen molar-refractivity contribution in [2.45, 2.75) is 25.9 Å². The first-order valence-electron chi connectivity index (χ1n) is 12.5. The zero-order chi connectivity index (χ0) is 26.4. The first-order valence-corrected chi connectivity index (χ1v) is 12.9. The Labute approximate surface area is 221 Å². The minimum Gasteiger partial charge on any atom is -0.489 e. The SMILES string of the molecule is C=CC(=O)N1CCN2C(=O)c3c(N4CCN(C)C[C@@H]4C)nc(-c4c(C)cccc4F)c(Cl)c3OC[C@H]2C1. The van der Waals surface area contributed by atoms with Crippen molar-refractivity contribution in [1.29, 1.82) is 0 Å². The second-order valence-corrected chi connectivity index (χ2v) is 10.4. The van der Waals surface area contributed by atoms with E-state index in [1.807, 2.05) is 0 Å². The molecule has 5 rings (SSSR count). The van der Waals surface area contributed by atoms with Crippen molar-refractivity contribution in [3.05, 3.63) is 52.8 Å². The molecule has 2 aromatic rings. The van der Waals surface area contributed by atoms with Gasteiger partial charge in [0.25, 0.3) is 5.91 Å². The molecule has 1 aromatic heterocycles. The lowest BCUT2D eigenvalue weighted by Gasteiger charge is -2.41. The Hall–Kier alpha value is -3.17. The average molecular weight is 528 g/mol. The van der Waals surface area contributed by atoms with E-state index >= 15 is 4.39 Å². The van der Waals surface area contributed by atoms with Crippen LogP contribution in [0.3, 0.4) is 0 Å². The highest BCUT2D eigenvalue weighted by Gasteiger charge is 2.41. The number of likely N-dealkylation sites (N-methyl/N-ethyl adjacent to an activating group) is 1. The van der Waals surface area contributed by atoms with Crippen LogP contribution in [0, 0.1) is 12.7 Å². The molecule has 0 N–H and O–H groups in total. The fraction of sp³-hybridized carbons (Fsp3) is 0.444. The third-order valence-corrected chi connectivity index (χ3v) is 7.85. The molecule has 0 saturated carbocycles. The van der Waals surface area contributed by atoms with Crippen LogP contribution in [0.15, 0.2) is 30.9 Å². The van der Waals surface area contributed by atoms with Gasteiger partial charge in [-0.3, -0.25) is 9.59 Å². The highest BCUT2D eigenvalue weighted by molar-refractivity contribution is 6.35. The van der Waals surface area contributed by atoms with Crippen LogP contribution < -0.4 is 9.64 Å². The van der Waals surface area contributed by atoms with E-state index in [2.05, 4.69) is 30.4 Å². The van der Waals surface area contributed by atoms with Gasteiger partial charge in [0.2, 0.25) is 5.91 Å². The summed E-state index contributed by atoms with van der Waals surface area (Å²) in [5.41, 5.74) is 1.53. The highest BCUT2D eigenvalue weighted by atomic mass is 35.5. The van der Waals surface area contributed by atoms with Crippen LogP contribution in [-0.4, -0.2) is 96.5 Å². The maximum absolute atomic E-state index is 15.1. The quantitative estimate of drug-likeness (QED) is 0.571. The van der Waals surface area contributed by atoms with Gasteiger partial charge >= 0.3 is 0 Å². The minimum atomic E-state index is -0.442. The first-order chi connectivity index (χ1) is 17.7. The van der Waals surface area contributed by atoms with E-state index in [9.17, 15) is 9.59 Å². The number of aromatic nitrogens is 1. The van der Waals surface area contributed by atoms with Crippen molar-refractivity contribution in [1.82, 2.24) is 19.7 Å². The van der Waals surface area contributed by atoms with Crippen molar-refractivity contribution in [3.63, 3.8) is 0 Å². The fourth-order valence-electron chi connectivity index (χ4n) is 5.54. The van der Waals surface area contributed by atoms with Gasteiger partial charge in [-0.15, -0.1) is 0 Å². The summed E-state index contributed by atoms with van der Waals surface area (Å²) in [6.07, 6.45) is 1.28. The highest BCUT2D eigenvalue weighted by Crippen LogP contribution is 2.45. The Bertz CT molecular complexity index is 1250. The molecule has 2 saturated heterocycles. The molecule has 4 heterocycles. The number of carbonyl (C=O) groups excluding carboxylic acids is 2. The number of ether oxygens (including phenoxy) is 1. The summed E-state index contributed by atoms with van der Waals surface area (Å²) in [5, 5.41) is 0.112. The number of anilines is 1. The number of nitrogens with zero attached hydrogens (tertiary/aromatic N) is 5. The predicted molar refractivity (Wildman–Crippen MR) is 141 cm³/mol. The largest absolute Gasteiger partial charge is 0.489 e. The van der Waals surface area contributed by atoms with Crippen molar-refractivity contribution >= 4 is 29.2 Å². The number of piperazine rings is 2. The molecule has 3 aliphatic heterocycles. The molecule has 2 fully saturated rings. The molecule has 0 aliphatic carbocycles. The lowest BCUT2D eigenvalue weighted by atomic mass is 10.0. The van der Waals surface area contributed by atoms with Crippen molar-refractivity contribution < 1.29 is 18.7 Å². The normalized spacial score (nSPS) is 22.2. The third-order valence-electron chi connectivity index (χ3n) is 7.50. The molecule has 3 aliphatic rings. The second kappa shape index (κ2) is 9.95. The topological polar surface area (TPSA) is 69.2 Å².